The molecule has 8 heteroatoms. The Balaban J connectivity index is 2.14. The van der Waals surface area contributed by atoms with E-state index in [0.29, 0.717) is 0 Å². The topological polar surface area (TPSA) is 88.5 Å². The highest BCUT2D eigenvalue weighted by Gasteiger charge is 2.19. The molecular formula is C19H25N3O4S. The van der Waals surface area contributed by atoms with E-state index in [-0.39, 0.29) is 23.4 Å². The quantitative estimate of drug-likeness (QED) is 0.775. The number of rotatable bonds is 7. The van der Waals surface area contributed by atoms with Crippen LogP contribution in [0.15, 0.2) is 52.3 Å². The van der Waals surface area contributed by atoms with E-state index < -0.39 is 15.6 Å². The number of carbonyl (C=O) groups excluding carboxylic acids is 1. The average Bonchev–Trinajstić information content (AvgIpc) is 2.63. The summed E-state index contributed by atoms with van der Waals surface area (Å²) in [6, 6.07) is 10.1. The van der Waals surface area contributed by atoms with Crippen molar-refractivity contribution in [1.82, 2.24) is 14.2 Å². The van der Waals surface area contributed by atoms with Gasteiger partial charge in [-0.25, -0.2) is 12.7 Å². The summed E-state index contributed by atoms with van der Waals surface area (Å²) in [5.74, 6) is -0.372. The Bertz CT molecular complexity index is 963. The second kappa shape index (κ2) is 8.49. The highest BCUT2D eigenvalue weighted by molar-refractivity contribution is 7.89. The molecule has 1 atom stereocenters. The van der Waals surface area contributed by atoms with Gasteiger partial charge in [0.05, 0.1) is 10.9 Å². The highest BCUT2D eigenvalue weighted by atomic mass is 32.2. The predicted octanol–water partition coefficient (Wildman–Crippen LogP) is 1.54. The SMILES string of the molecule is CCc1ccc([C@H](C)NC(=O)Cn2cc(S(=O)(=O)N(C)C)ccc2=O)cc1. The molecule has 0 saturated carbocycles. The number of nitrogens with zero attached hydrogens (tertiary/aromatic N) is 2. The summed E-state index contributed by atoms with van der Waals surface area (Å²) in [7, 11) is -0.871. The first kappa shape index (κ1) is 20.9. The molecule has 0 fully saturated rings. The first-order valence-electron chi connectivity index (χ1n) is 8.66. The summed E-state index contributed by atoms with van der Waals surface area (Å²) >= 11 is 0. The third kappa shape index (κ3) is 5.05. The number of hydrogen-bond donors (Lipinski definition) is 1. The Labute approximate surface area is 159 Å². The fourth-order valence-electron chi connectivity index (χ4n) is 2.56. The molecule has 1 heterocycles. The van der Waals surface area contributed by atoms with Gasteiger partial charge in [0.25, 0.3) is 5.56 Å². The Morgan fingerprint density at radius 2 is 1.78 bits per heavy atom. The maximum Gasteiger partial charge on any atom is 0.251 e. The zero-order chi connectivity index (χ0) is 20.2. The number of pyridine rings is 1. The summed E-state index contributed by atoms with van der Waals surface area (Å²) in [4.78, 5) is 24.3. The maximum absolute atomic E-state index is 12.3. The van der Waals surface area contributed by atoms with Gasteiger partial charge in [0.2, 0.25) is 15.9 Å². The molecule has 146 valence electrons. The first-order chi connectivity index (χ1) is 12.6. The van der Waals surface area contributed by atoms with Crippen LogP contribution >= 0.6 is 0 Å². The van der Waals surface area contributed by atoms with Crippen molar-refractivity contribution in [2.45, 2.75) is 37.8 Å². The van der Waals surface area contributed by atoms with E-state index in [0.717, 1.165) is 26.9 Å². The highest BCUT2D eigenvalue weighted by Crippen LogP contribution is 2.14. The van der Waals surface area contributed by atoms with Crippen molar-refractivity contribution in [2.75, 3.05) is 14.1 Å². The van der Waals surface area contributed by atoms with Gasteiger partial charge in [0.1, 0.15) is 6.54 Å². The number of aromatic nitrogens is 1. The Hall–Kier alpha value is -2.45. The van der Waals surface area contributed by atoms with Gasteiger partial charge in [-0.2, -0.15) is 0 Å². The third-order valence-electron chi connectivity index (χ3n) is 4.31. The second-order valence-electron chi connectivity index (χ2n) is 6.50. The lowest BCUT2D eigenvalue weighted by molar-refractivity contribution is -0.122. The van der Waals surface area contributed by atoms with Crippen LogP contribution in [0.3, 0.4) is 0 Å². The van der Waals surface area contributed by atoms with Crippen molar-refractivity contribution in [3.8, 4) is 0 Å². The lowest BCUT2D eigenvalue weighted by atomic mass is 10.1. The first-order valence-corrected chi connectivity index (χ1v) is 10.1. The van der Waals surface area contributed by atoms with Gasteiger partial charge in [0, 0.05) is 26.4 Å². The molecule has 27 heavy (non-hydrogen) atoms. The Kier molecular flexibility index (Phi) is 6.56. The number of benzene rings is 1. The van der Waals surface area contributed by atoms with E-state index in [1.807, 2.05) is 31.2 Å². The van der Waals surface area contributed by atoms with E-state index in [4.69, 9.17) is 0 Å². The van der Waals surface area contributed by atoms with Gasteiger partial charge in [-0.15, -0.1) is 0 Å². The molecule has 1 N–H and O–H groups in total. The number of amides is 1. The number of nitrogens with one attached hydrogen (secondary N) is 1. The Morgan fingerprint density at radius 3 is 2.33 bits per heavy atom. The molecule has 1 aromatic heterocycles. The molecule has 0 bridgehead atoms. The molecule has 0 unspecified atom stereocenters. The van der Waals surface area contributed by atoms with E-state index in [9.17, 15) is 18.0 Å². The smallest absolute Gasteiger partial charge is 0.251 e. The van der Waals surface area contributed by atoms with Gasteiger partial charge in [0.15, 0.2) is 0 Å². The van der Waals surface area contributed by atoms with Crippen LogP contribution < -0.4 is 10.9 Å². The fraction of sp³-hybridized carbons (Fsp3) is 0.368. The van der Waals surface area contributed by atoms with Crippen LogP contribution in [-0.4, -0.2) is 37.3 Å². The standard InChI is InChI=1S/C19H25N3O4S/c1-5-15-6-8-16(9-7-15)14(2)20-18(23)13-22-12-17(10-11-19(22)24)27(25,26)21(3)4/h6-12,14H,5,13H2,1-4H3,(H,20,23)/t14-/m0/s1. The average molecular weight is 391 g/mol. The summed E-state index contributed by atoms with van der Waals surface area (Å²) in [5.41, 5.74) is 1.72. The molecular weight excluding hydrogens is 366 g/mol. The summed E-state index contributed by atoms with van der Waals surface area (Å²) in [5, 5.41) is 2.83. The maximum atomic E-state index is 12.3. The monoisotopic (exact) mass is 391 g/mol. The molecule has 0 aliphatic rings. The van der Waals surface area contributed by atoms with Crippen LogP contribution in [0.5, 0.6) is 0 Å². The van der Waals surface area contributed by atoms with Crippen LogP contribution in [-0.2, 0) is 27.8 Å². The van der Waals surface area contributed by atoms with E-state index >= 15 is 0 Å². The summed E-state index contributed by atoms with van der Waals surface area (Å²) in [6.07, 6.45) is 2.13. The van der Waals surface area contributed by atoms with Crippen LogP contribution in [0, 0.1) is 0 Å². The largest absolute Gasteiger partial charge is 0.348 e. The molecule has 2 aromatic rings. The van der Waals surface area contributed by atoms with Gasteiger partial charge in [-0.3, -0.25) is 9.59 Å². The molecule has 0 aliphatic carbocycles. The van der Waals surface area contributed by atoms with Gasteiger partial charge < -0.3 is 9.88 Å². The molecule has 0 spiro atoms. The van der Waals surface area contributed by atoms with E-state index in [2.05, 4.69) is 12.2 Å². The minimum Gasteiger partial charge on any atom is -0.348 e. The van der Waals surface area contributed by atoms with Gasteiger partial charge >= 0.3 is 0 Å². The van der Waals surface area contributed by atoms with Crippen LogP contribution in [0.1, 0.15) is 31.0 Å². The van der Waals surface area contributed by atoms with E-state index in [1.54, 1.807) is 0 Å². The Morgan fingerprint density at radius 1 is 1.15 bits per heavy atom. The van der Waals surface area contributed by atoms with Crippen molar-refractivity contribution >= 4 is 15.9 Å². The molecule has 2 rings (SSSR count). The van der Waals surface area contributed by atoms with Crippen LogP contribution in [0.25, 0.3) is 0 Å². The van der Waals surface area contributed by atoms with Gasteiger partial charge in [-0.1, -0.05) is 31.2 Å². The molecule has 1 aromatic carbocycles. The number of carbonyl (C=O) groups is 1. The van der Waals surface area contributed by atoms with Gasteiger partial charge in [-0.05, 0) is 30.5 Å². The number of aryl methyl sites for hydroxylation is 1. The molecule has 0 radical (unpaired) electrons. The fourth-order valence-corrected chi connectivity index (χ4v) is 3.49. The van der Waals surface area contributed by atoms with Crippen molar-refractivity contribution in [2.24, 2.45) is 0 Å². The lowest BCUT2D eigenvalue weighted by Gasteiger charge is -2.16. The number of sulfonamides is 1. The summed E-state index contributed by atoms with van der Waals surface area (Å²) in [6.45, 7) is 3.67. The van der Waals surface area contributed by atoms with Crippen molar-refractivity contribution < 1.29 is 13.2 Å². The second-order valence-corrected chi connectivity index (χ2v) is 8.65. The van der Waals surface area contributed by atoms with Crippen LogP contribution in [0.2, 0.25) is 0 Å². The zero-order valence-corrected chi connectivity index (χ0v) is 16.8. The van der Waals surface area contributed by atoms with Crippen molar-refractivity contribution in [3.05, 3.63) is 64.1 Å². The van der Waals surface area contributed by atoms with Crippen molar-refractivity contribution in [3.63, 3.8) is 0 Å². The minimum atomic E-state index is -3.68. The molecule has 7 nitrogen and oxygen atoms in total. The minimum absolute atomic E-state index is 0.0388. The summed E-state index contributed by atoms with van der Waals surface area (Å²) < 4.78 is 26.6. The third-order valence-corrected chi connectivity index (χ3v) is 6.11. The predicted molar refractivity (Wildman–Crippen MR) is 104 cm³/mol. The van der Waals surface area contributed by atoms with Crippen molar-refractivity contribution in [1.29, 1.82) is 0 Å². The lowest BCUT2D eigenvalue weighted by Crippen LogP contribution is -2.34. The van der Waals surface area contributed by atoms with E-state index in [1.165, 1.54) is 31.9 Å². The number of hydrogen-bond acceptors (Lipinski definition) is 4. The zero-order valence-electron chi connectivity index (χ0n) is 16.0. The molecule has 1 amide bonds. The molecule has 0 aliphatic heterocycles. The molecule has 0 saturated heterocycles. The normalized spacial score (nSPS) is 12.8. The van der Waals surface area contributed by atoms with Crippen LogP contribution in [0.4, 0.5) is 0 Å².